The van der Waals surface area contributed by atoms with Crippen LogP contribution >= 0.6 is 0 Å². The second-order valence-electron chi connectivity index (χ2n) is 8.14. The monoisotopic (exact) mass is 290 g/mol. The van der Waals surface area contributed by atoms with Crippen molar-refractivity contribution in [2.75, 3.05) is 13.1 Å². The molecule has 2 fully saturated rings. The quantitative estimate of drug-likeness (QED) is 0.909. The van der Waals surface area contributed by atoms with E-state index in [9.17, 15) is 0 Å². The van der Waals surface area contributed by atoms with Gasteiger partial charge in [0.25, 0.3) is 0 Å². The normalized spacial score (nSPS) is 30.6. The van der Waals surface area contributed by atoms with E-state index < -0.39 is 0 Å². The SMILES string of the molecule is Cn1cc(CN2CC3CCCC(N)C3C2)c(C(C)(C)C)n1. The van der Waals surface area contributed by atoms with E-state index in [-0.39, 0.29) is 5.41 Å². The van der Waals surface area contributed by atoms with Crippen LogP contribution in [0.5, 0.6) is 0 Å². The molecule has 2 N–H and O–H groups in total. The molecule has 2 heterocycles. The molecule has 2 aliphatic rings. The molecule has 1 saturated carbocycles. The van der Waals surface area contributed by atoms with E-state index >= 15 is 0 Å². The van der Waals surface area contributed by atoms with Gasteiger partial charge in [0, 0.05) is 49.9 Å². The molecule has 1 aromatic heterocycles. The van der Waals surface area contributed by atoms with Gasteiger partial charge < -0.3 is 5.73 Å². The van der Waals surface area contributed by atoms with Gasteiger partial charge >= 0.3 is 0 Å². The first-order chi connectivity index (χ1) is 9.84. The third-order valence-corrected chi connectivity index (χ3v) is 5.24. The van der Waals surface area contributed by atoms with Crippen molar-refractivity contribution >= 4 is 0 Å². The largest absolute Gasteiger partial charge is 0.327 e. The van der Waals surface area contributed by atoms with E-state index in [4.69, 9.17) is 10.8 Å². The molecule has 1 aliphatic carbocycles. The molecule has 4 heteroatoms. The van der Waals surface area contributed by atoms with Gasteiger partial charge in [0.2, 0.25) is 0 Å². The summed E-state index contributed by atoms with van der Waals surface area (Å²) in [5, 5.41) is 4.69. The third-order valence-electron chi connectivity index (χ3n) is 5.24. The summed E-state index contributed by atoms with van der Waals surface area (Å²) in [5.74, 6) is 1.54. The average Bonchev–Trinajstić information content (AvgIpc) is 2.93. The summed E-state index contributed by atoms with van der Waals surface area (Å²) in [7, 11) is 2.03. The van der Waals surface area contributed by atoms with Crippen molar-refractivity contribution in [3.8, 4) is 0 Å². The first-order valence-electron chi connectivity index (χ1n) is 8.35. The van der Waals surface area contributed by atoms with Crippen LogP contribution in [0.2, 0.25) is 0 Å². The van der Waals surface area contributed by atoms with E-state index in [0.717, 1.165) is 12.5 Å². The fourth-order valence-electron chi connectivity index (χ4n) is 4.26. The summed E-state index contributed by atoms with van der Waals surface area (Å²) in [5.41, 5.74) is 9.07. The number of aromatic nitrogens is 2. The van der Waals surface area contributed by atoms with Crippen LogP contribution in [0.15, 0.2) is 6.20 Å². The standard InChI is InChI=1S/C17H30N4/c1-17(2,3)16-13(8-20(4)19-16)10-21-9-12-6-5-7-15(18)14(12)11-21/h8,12,14-15H,5-7,9-11,18H2,1-4H3. The molecule has 0 spiro atoms. The predicted molar refractivity (Wildman–Crippen MR) is 86.0 cm³/mol. The van der Waals surface area contributed by atoms with Gasteiger partial charge in [0.05, 0.1) is 5.69 Å². The van der Waals surface area contributed by atoms with Crippen LogP contribution in [-0.2, 0) is 19.0 Å². The number of hydrogen-bond acceptors (Lipinski definition) is 3. The Labute approximate surface area is 128 Å². The maximum atomic E-state index is 6.34. The Morgan fingerprint density at radius 1 is 1.29 bits per heavy atom. The topological polar surface area (TPSA) is 47.1 Å². The molecular weight excluding hydrogens is 260 g/mol. The van der Waals surface area contributed by atoms with Crippen LogP contribution in [0.4, 0.5) is 0 Å². The van der Waals surface area contributed by atoms with Crippen molar-refractivity contribution in [3.05, 3.63) is 17.5 Å². The Bertz CT molecular complexity index is 499. The fraction of sp³-hybridized carbons (Fsp3) is 0.824. The Morgan fingerprint density at radius 3 is 2.71 bits per heavy atom. The Morgan fingerprint density at radius 2 is 2.05 bits per heavy atom. The molecule has 0 radical (unpaired) electrons. The summed E-state index contributed by atoms with van der Waals surface area (Å²) < 4.78 is 1.96. The Hall–Kier alpha value is -0.870. The Kier molecular flexibility index (Phi) is 3.87. The van der Waals surface area contributed by atoms with Crippen molar-refractivity contribution in [2.24, 2.45) is 24.6 Å². The van der Waals surface area contributed by atoms with Gasteiger partial charge in [-0.25, -0.2) is 0 Å². The molecule has 4 nitrogen and oxygen atoms in total. The van der Waals surface area contributed by atoms with Crippen LogP contribution in [0, 0.1) is 11.8 Å². The number of rotatable bonds is 2. The highest BCUT2D eigenvalue weighted by atomic mass is 15.3. The molecule has 3 unspecified atom stereocenters. The molecular formula is C17H30N4. The van der Waals surface area contributed by atoms with E-state index in [1.807, 2.05) is 11.7 Å². The highest BCUT2D eigenvalue weighted by molar-refractivity contribution is 5.24. The lowest BCUT2D eigenvalue weighted by molar-refractivity contribution is 0.259. The van der Waals surface area contributed by atoms with Gasteiger partial charge in [-0.05, 0) is 24.7 Å². The van der Waals surface area contributed by atoms with Gasteiger partial charge in [0.1, 0.15) is 0 Å². The number of hydrogen-bond donors (Lipinski definition) is 1. The lowest BCUT2D eigenvalue weighted by Gasteiger charge is -2.29. The maximum Gasteiger partial charge on any atom is 0.0722 e. The average molecular weight is 290 g/mol. The summed E-state index contributed by atoms with van der Waals surface area (Å²) in [4.78, 5) is 2.60. The van der Waals surface area contributed by atoms with E-state index in [2.05, 4.69) is 31.9 Å². The molecule has 0 amide bonds. The molecule has 1 saturated heterocycles. The predicted octanol–water partition coefficient (Wildman–Crippen LogP) is 2.28. The number of nitrogens with two attached hydrogens (primary N) is 1. The first-order valence-corrected chi connectivity index (χ1v) is 8.35. The van der Waals surface area contributed by atoms with Crippen molar-refractivity contribution in [1.82, 2.24) is 14.7 Å². The number of fused-ring (bicyclic) bond motifs is 1. The van der Waals surface area contributed by atoms with Crippen LogP contribution in [-0.4, -0.2) is 33.8 Å². The van der Waals surface area contributed by atoms with Gasteiger partial charge in [0.15, 0.2) is 0 Å². The molecule has 1 aromatic rings. The number of nitrogens with zero attached hydrogens (tertiary/aromatic N) is 3. The first kappa shape index (κ1) is 15.0. The lowest BCUT2D eigenvalue weighted by atomic mass is 9.78. The molecule has 0 bridgehead atoms. The zero-order chi connectivity index (χ0) is 15.2. The smallest absolute Gasteiger partial charge is 0.0722 e. The molecule has 0 aromatic carbocycles. The minimum absolute atomic E-state index is 0.111. The minimum atomic E-state index is 0.111. The van der Waals surface area contributed by atoms with E-state index in [1.165, 1.54) is 43.6 Å². The van der Waals surface area contributed by atoms with Crippen molar-refractivity contribution in [1.29, 1.82) is 0 Å². The number of aryl methyl sites for hydroxylation is 1. The van der Waals surface area contributed by atoms with Crippen LogP contribution in [0.1, 0.15) is 51.3 Å². The highest BCUT2D eigenvalue weighted by Gasteiger charge is 2.39. The van der Waals surface area contributed by atoms with Crippen molar-refractivity contribution in [3.63, 3.8) is 0 Å². The summed E-state index contributed by atoms with van der Waals surface area (Å²) in [6.07, 6.45) is 6.10. The number of likely N-dealkylation sites (tertiary alicyclic amines) is 1. The maximum absolute atomic E-state index is 6.34. The van der Waals surface area contributed by atoms with Crippen molar-refractivity contribution in [2.45, 2.75) is 58.0 Å². The van der Waals surface area contributed by atoms with E-state index in [1.54, 1.807) is 0 Å². The third kappa shape index (κ3) is 3.02. The van der Waals surface area contributed by atoms with E-state index in [0.29, 0.717) is 12.0 Å². The second-order valence-corrected chi connectivity index (χ2v) is 8.14. The minimum Gasteiger partial charge on any atom is -0.327 e. The zero-order valence-corrected chi connectivity index (χ0v) is 14.0. The van der Waals surface area contributed by atoms with Crippen LogP contribution in [0.3, 0.4) is 0 Å². The van der Waals surface area contributed by atoms with Crippen molar-refractivity contribution < 1.29 is 0 Å². The summed E-state index contributed by atoms with van der Waals surface area (Å²) >= 11 is 0. The van der Waals surface area contributed by atoms with Crippen LogP contribution < -0.4 is 5.73 Å². The fourth-order valence-corrected chi connectivity index (χ4v) is 4.26. The second kappa shape index (κ2) is 5.40. The molecule has 3 rings (SSSR count). The Balaban J connectivity index is 1.73. The molecule has 1 aliphatic heterocycles. The lowest BCUT2D eigenvalue weighted by Crippen LogP contribution is -2.38. The zero-order valence-electron chi connectivity index (χ0n) is 14.0. The molecule has 21 heavy (non-hydrogen) atoms. The van der Waals surface area contributed by atoms with Crippen LogP contribution in [0.25, 0.3) is 0 Å². The van der Waals surface area contributed by atoms with Gasteiger partial charge in [-0.3, -0.25) is 9.58 Å². The van der Waals surface area contributed by atoms with Gasteiger partial charge in [-0.2, -0.15) is 5.10 Å². The molecule has 3 atom stereocenters. The summed E-state index contributed by atoms with van der Waals surface area (Å²) in [6, 6.07) is 0.421. The summed E-state index contributed by atoms with van der Waals surface area (Å²) in [6.45, 7) is 10.2. The van der Waals surface area contributed by atoms with Gasteiger partial charge in [-0.1, -0.05) is 27.2 Å². The highest BCUT2D eigenvalue weighted by Crippen LogP contribution is 2.36. The molecule has 118 valence electrons. The van der Waals surface area contributed by atoms with Gasteiger partial charge in [-0.15, -0.1) is 0 Å².